The van der Waals surface area contributed by atoms with Crippen molar-refractivity contribution in [3.63, 3.8) is 0 Å². The fourth-order valence-electron chi connectivity index (χ4n) is 1.71. The van der Waals surface area contributed by atoms with Crippen LogP contribution in [0.1, 0.15) is 5.56 Å². The minimum atomic E-state index is -0.993. The summed E-state index contributed by atoms with van der Waals surface area (Å²) in [4.78, 5) is 11.6. The standard InChI is InChI=1S/C16H14O3S/c1-20-15(16(17)18)14(12-8-4-2-5-9-12)19-13-10-6-3-7-11-13/h2-11H,1H3,(H,17,18)/b15-14+. The van der Waals surface area contributed by atoms with Gasteiger partial charge in [0, 0.05) is 5.56 Å². The minimum Gasteiger partial charge on any atom is -0.477 e. The Bertz CT molecular complexity index is 606. The first kappa shape index (κ1) is 14.2. The Morgan fingerprint density at radius 3 is 2.05 bits per heavy atom. The number of para-hydroxylation sites is 1. The topological polar surface area (TPSA) is 46.5 Å². The molecule has 0 aliphatic rings. The van der Waals surface area contributed by atoms with E-state index in [1.165, 1.54) is 0 Å². The molecule has 0 bridgehead atoms. The number of rotatable bonds is 5. The summed E-state index contributed by atoms with van der Waals surface area (Å²) in [7, 11) is 0. The molecule has 102 valence electrons. The third kappa shape index (κ3) is 3.42. The lowest BCUT2D eigenvalue weighted by Crippen LogP contribution is -2.05. The van der Waals surface area contributed by atoms with Gasteiger partial charge in [0.15, 0.2) is 5.76 Å². The molecule has 2 aromatic rings. The van der Waals surface area contributed by atoms with Crippen LogP contribution < -0.4 is 4.74 Å². The van der Waals surface area contributed by atoms with Gasteiger partial charge < -0.3 is 9.84 Å². The quantitative estimate of drug-likeness (QED) is 0.669. The van der Waals surface area contributed by atoms with Crippen molar-refractivity contribution in [1.82, 2.24) is 0 Å². The molecule has 2 rings (SSSR count). The molecule has 0 aromatic heterocycles. The molecule has 20 heavy (non-hydrogen) atoms. The van der Waals surface area contributed by atoms with Gasteiger partial charge in [0.2, 0.25) is 0 Å². The van der Waals surface area contributed by atoms with Crippen LogP contribution in [-0.4, -0.2) is 17.3 Å². The Labute approximate surface area is 121 Å². The average Bonchev–Trinajstić information content (AvgIpc) is 2.48. The first-order valence-electron chi connectivity index (χ1n) is 6.02. The van der Waals surface area contributed by atoms with Crippen LogP contribution in [0.4, 0.5) is 0 Å². The van der Waals surface area contributed by atoms with E-state index in [-0.39, 0.29) is 4.91 Å². The lowest BCUT2D eigenvalue weighted by atomic mass is 10.2. The number of aliphatic carboxylic acids is 1. The highest BCUT2D eigenvalue weighted by Crippen LogP contribution is 2.28. The zero-order valence-corrected chi connectivity index (χ0v) is 11.8. The normalized spacial score (nSPS) is 11.7. The monoisotopic (exact) mass is 286 g/mol. The van der Waals surface area contributed by atoms with Gasteiger partial charge in [-0.1, -0.05) is 48.5 Å². The van der Waals surface area contributed by atoms with Crippen LogP contribution in [0, 0.1) is 0 Å². The van der Waals surface area contributed by atoms with E-state index in [9.17, 15) is 9.90 Å². The number of ether oxygens (including phenoxy) is 1. The second-order valence-electron chi connectivity index (χ2n) is 3.95. The Balaban J connectivity index is 2.48. The lowest BCUT2D eigenvalue weighted by Gasteiger charge is -2.13. The molecule has 0 heterocycles. The molecule has 0 amide bonds. The van der Waals surface area contributed by atoms with Gasteiger partial charge in [-0.2, -0.15) is 0 Å². The van der Waals surface area contributed by atoms with Crippen molar-refractivity contribution in [2.45, 2.75) is 0 Å². The Hall–Kier alpha value is -2.20. The summed E-state index contributed by atoms with van der Waals surface area (Å²) < 4.78 is 5.79. The van der Waals surface area contributed by atoms with Crippen LogP contribution in [0.2, 0.25) is 0 Å². The maximum Gasteiger partial charge on any atom is 0.346 e. The highest BCUT2D eigenvalue weighted by molar-refractivity contribution is 8.03. The fourth-order valence-corrected chi connectivity index (χ4v) is 2.23. The number of benzene rings is 2. The number of carbonyl (C=O) groups is 1. The Kier molecular flexibility index (Phi) is 4.85. The van der Waals surface area contributed by atoms with Crippen molar-refractivity contribution in [2.24, 2.45) is 0 Å². The van der Waals surface area contributed by atoms with E-state index in [1.807, 2.05) is 48.5 Å². The van der Waals surface area contributed by atoms with Crippen molar-refractivity contribution in [3.05, 3.63) is 71.1 Å². The predicted octanol–water partition coefficient (Wildman–Crippen LogP) is 3.88. The predicted molar refractivity (Wildman–Crippen MR) is 81.6 cm³/mol. The lowest BCUT2D eigenvalue weighted by molar-refractivity contribution is -0.131. The van der Waals surface area contributed by atoms with Gasteiger partial charge in [-0.05, 0) is 18.4 Å². The zero-order valence-electron chi connectivity index (χ0n) is 10.9. The number of carboxylic acid groups (broad SMARTS) is 1. The van der Waals surface area contributed by atoms with Gasteiger partial charge in [-0.25, -0.2) is 4.79 Å². The second kappa shape index (κ2) is 6.82. The zero-order chi connectivity index (χ0) is 14.4. The van der Waals surface area contributed by atoms with E-state index >= 15 is 0 Å². The molecule has 0 atom stereocenters. The number of thioether (sulfide) groups is 1. The van der Waals surface area contributed by atoms with Crippen molar-refractivity contribution < 1.29 is 14.6 Å². The average molecular weight is 286 g/mol. The molecule has 0 aliphatic heterocycles. The van der Waals surface area contributed by atoms with Crippen molar-refractivity contribution >= 4 is 23.5 Å². The smallest absolute Gasteiger partial charge is 0.346 e. The SMILES string of the molecule is CS/C(C(=O)O)=C(/Oc1ccccc1)c1ccccc1. The maximum atomic E-state index is 11.4. The second-order valence-corrected chi connectivity index (χ2v) is 4.77. The van der Waals surface area contributed by atoms with Gasteiger partial charge in [0.05, 0.1) is 0 Å². The van der Waals surface area contributed by atoms with E-state index < -0.39 is 5.97 Å². The summed E-state index contributed by atoms with van der Waals surface area (Å²) in [6.45, 7) is 0. The molecule has 1 N–H and O–H groups in total. The summed E-state index contributed by atoms with van der Waals surface area (Å²) in [6, 6.07) is 18.4. The highest BCUT2D eigenvalue weighted by atomic mass is 32.2. The summed E-state index contributed by atoms with van der Waals surface area (Å²) in [5.74, 6) is -0.0248. The Morgan fingerprint density at radius 2 is 1.55 bits per heavy atom. The van der Waals surface area contributed by atoms with Crippen molar-refractivity contribution in [3.8, 4) is 5.75 Å². The molecule has 0 fully saturated rings. The van der Waals surface area contributed by atoms with Crippen LogP contribution in [0.15, 0.2) is 65.6 Å². The number of hydrogen-bond acceptors (Lipinski definition) is 3. The van der Waals surface area contributed by atoms with Gasteiger partial charge in [0.1, 0.15) is 10.7 Å². The molecule has 3 nitrogen and oxygen atoms in total. The van der Waals surface area contributed by atoms with Gasteiger partial charge in [-0.15, -0.1) is 11.8 Å². The molecule has 0 aliphatic carbocycles. The molecule has 0 saturated heterocycles. The van der Waals surface area contributed by atoms with E-state index in [1.54, 1.807) is 18.4 Å². The molecular formula is C16H14O3S. The van der Waals surface area contributed by atoms with Crippen LogP contribution in [0.25, 0.3) is 5.76 Å². The van der Waals surface area contributed by atoms with E-state index in [2.05, 4.69) is 0 Å². The minimum absolute atomic E-state index is 0.181. The van der Waals surface area contributed by atoms with Crippen LogP contribution >= 0.6 is 11.8 Å². The summed E-state index contributed by atoms with van der Waals surface area (Å²) in [5.41, 5.74) is 0.739. The molecule has 0 spiro atoms. The summed E-state index contributed by atoms with van der Waals surface area (Å²) >= 11 is 1.16. The van der Waals surface area contributed by atoms with Crippen LogP contribution in [0.3, 0.4) is 0 Å². The molecule has 0 radical (unpaired) electrons. The van der Waals surface area contributed by atoms with E-state index in [0.717, 1.165) is 17.3 Å². The van der Waals surface area contributed by atoms with Gasteiger partial charge >= 0.3 is 5.97 Å². The molecule has 4 heteroatoms. The van der Waals surface area contributed by atoms with E-state index in [0.29, 0.717) is 11.5 Å². The fraction of sp³-hybridized carbons (Fsp3) is 0.0625. The maximum absolute atomic E-state index is 11.4. The number of carboxylic acids is 1. The number of hydrogen-bond donors (Lipinski definition) is 1. The Morgan fingerprint density at radius 1 is 1.00 bits per heavy atom. The van der Waals surface area contributed by atoms with Crippen LogP contribution in [-0.2, 0) is 4.79 Å². The first-order valence-corrected chi connectivity index (χ1v) is 7.24. The molecule has 0 saturated carbocycles. The van der Waals surface area contributed by atoms with Crippen molar-refractivity contribution in [2.75, 3.05) is 6.26 Å². The molecule has 0 unspecified atom stereocenters. The highest BCUT2D eigenvalue weighted by Gasteiger charge is 2.17. The summed E-state index contributed by atoms with van der Waals surface area (Å²) in [5, 5.41) is 9.32. The van der Waals surface area contributed by atoms with Crippen molar-refractivity contribution in [1.29, 1.82) is 0 Å². The van der Waals surface area contributed by atoms with E-state index in [4.69, 9.17) is 4.74 Å². The van der Waals surface area contributed by atoms with Gasteiger partial charge in [0.25, 0.3) is 0 Å². The van der Waals surface area contributed by atoms with Crippen LogP contribution in [0.5, 0.6) is 5.75 Å². The van der Waals surface area contributed by atoms with Gasteiger partial charge in [-0.3, -0.25) is 0 Å². The molecule has 2 aromatic carbocycles. The largest absolute Gasteiger partial charge is 0.477 e. The third-order valence-electron chi connectivity index (χ3n) is 2.60. The first-order chi connectivity index (χ1) is 9.72. The molecular weight excluding hydrogens is 272 g/mol. The third-order valence-corrected chi connectivity index (χ3v) is 3.37. The summed E-state index contributed by atoms with van der Waals surface area (Å²) in [6.07, 6.45) is 1.72.